The second-order valence-electron chi connectivity index (χ2n) is 6.50. The molecule has 2 aromatic rings. The first-order chi connectivity index (χ1) is 11.4. The van der Waals surface area contributed by atoms with Crippen LogP contribution < -0.4 is 5.32 Å². The van der Waals surface area contributed by atoms with Gasteiger partial charge in [0.2, 0.25) is 17.6 Å². The van der Waals surface area contributed by atoms with Crippen LogP contribution in [0.2, 0.25) is 5.02 Å². The number of nitrogens with one attached hydrogen (secondary N) is 1. The molecular formula is C18H24ClN3O2. The van der Waals surface area contributed by atoms with Gasteiger partial charge in [0.1, 0.15) is 6.04 Å². The molecule has 24 heavy (non-hydrogen) atoms. The van der Waals surface area contributed by atoms with E-state index in [0.717, 1.165) is 12.0 Å². The summed E-state index contributed by atoms with van der Waals surface area (Å²) in [6, 6.07) is 6.99. The third kappa shape index (κ3) is 4.81. The maximum Gasteiger partial charge on any atom is 0.249 e. The Hall–Kier alpha value is -1.88. The Balaban J connectivity index is 2.23. The van der Waals surface area contributed by atoms with Crippen LogP contribution in [-0.2, 0) is 4.79 Å². The number of nitrogens with zero attached hydrogens (tertiary/aromatic N) is 2. The fourth-order valence-corrected chi connectivity index (χ4v) is 2.58. The fraction of sp³-hybridized carbons (Fsp3) is 0.500. The van der Waals surface area contributed by atoms with Gasteiger partial charge in [-0.2, -0.15) is 4.98 Å². The molecule has 2 rings (SSSR count). The van der Waals surface area contributed by atoms with E-state index in [4.69, 9.17) is 16.1 Å². The average Bonchev–Trinajstić information content (AvgIpc) is 3.01. The van der Waals surface area contributed by atoms with Gasteiger partial charge in [0, 0.05) is 17.0 Å². The summed E-state index contributed by atoms with van der Waals surface area (Å²) in [7, 11) is 0. The summed E-state index contributed by atoms with van der Waals surface area (Å²) in [6.45, 7) is 8.16. The molecule has 0 radical (unpaired) electrons. The minimum absolute atomic E-state index is 0.00203. The lowest BCUT2D eigenvalue weighted by molar-refractivity contribution is -0.123. The van der Waals surface area contributed by atoms with Gasteiger partial charge in [0.25, 0.3) is 0 Å². The molecule has 0 spiro atoms. The quantitative estimate of drug-likeness (QED) is 0.790. The van der Waals surface area contributed by atoms with Crippen molar-refractivity contribution in [3.8, 4) is 11.4 Å². The number of benzene rings is 1. The second-order valence-corrected chi connectivity index (χ2v) is 6.93. The molecule has 1 heterocycles. The Morgan fingerprint density at radius 2 is 2.08 bits per heavy atom. The number of aromatic nitrogens is 2. The van der Waals surface area contributed by atoms with Crippen molar-refractivity contribution in [2.24, 2.45) is 11.8 Å². The molecule has 0 aliphatic carbocycles. The highest BCUT2D eigenvalue weighted by Crippen LogP contribution is 2.26. The molecule has 1 amide bonds. The Morgan fingerprint density at radius 3 is 2.71 bits per heavy atom. The van der Waals surface area contributed by atoms with Crippen LogP contribution in [0.15, 0.2) is 28.8 Å². The molecule has 0 aliphatic rings. The largest absolute Gasteiger partial charge is 0.344 e. The van der Waals surface area contributed by atoms with Gasteiger partial charge in [-0.1, -0.05) is 63.0 Å². The van der Waals surface area contributed by atoms with E-state index in [-0.39, 0.29) is 17.9 Å². The smallest absolute Gasteiger partial charge is 0.249 e. The molecule has 2 unspecified atom stereocenters. The first kappa shape index (κ1) is 18.5. The SMILES string of the molecule is CCC(C)C(NC(=O)CC(C)C)c1nc(-c2cccc(Cl)c2)no1. The van der Waals surface area contributed by atoms with Crippen LogP contribution in [-0.4, -0.2) is 16.0 Å². The van der Waals surface area contributed by atoms with E-state index < -0.39 is 0 Å². The number of hydrogen-bond donors (Lipinski definition) is 1. The van der Waals surface area contributed by atoms with Gasteiger partial charge in [-0.05, 0) is 24.0 Å². The zero-order valence-corrected chi connectivity index (χ0v) is 15.3. The maximum absolute atomic E-state index is 12.2. The molecule has 130 valence electrons. The summed E-state index contributed by atoms with van der Waals surface area (Å²) in [6.07, 6.45) is 1.36. The molecule has 6 heteroatoms. The van der Waals surface area contributed by atoms with Crippen LogP contribution in [0.4, 0.5) is 0 Å². The predicted molar refractivity (Wildman–Crippen MR) is 94.5 cm³/mol. The number of amides is 1. The monoisotopic (exact) mass is 349 g/mol. The Kier molecular flexibility index (Phi) is 6.37. The Morgan fingerprint density at radius 1 is 1.33 bits per heavy atom. The number of carbonyl (C=O) groups excluding carboxylic acids is 1. The summed E-state index contributed by atoms with van der Waals surface area (Å²) < 4.78 is 5.43. The van der Waals surface area contributed by atoms with E-state index in [1.54, 1.807) is 12.1 Å². The number of carbonyl (C=O) groups is 1. The van der Waals surface area contributed by atoms with E-state index in [1.807, 2.05) is 26.0 Å². The van der Waals surface area contributed by atoms with Gasteiger partial charge < -0.3 is 9.84 Å². The molecule has 0 saturated heterocycles. The topological polar surface area (TPSA) is 68.0 Å². The summed E-state index contributed by atoms with van der Waals surface area (Å²) in [5, 5.41) is 7.68. The molecule has 0 fully saturated rings. The van der Waals surface area contributed by atoms with Crippen molar-refractivity contribution in [1.82, 2.24) is 15.5 Å². The zero-order chi connectivity index (χ0) is 17.7. The maximum atomic E-state index is 12.2. The van der Waals surface area contributed by atoms with Crippen molar-refractivity contribution in [2.75, 3.05) is 0 Å². The van der Waals surface area contributed by atoms with Gasteiger partial charge >= 0.3 is 0 Å². The highest BCUT2D eigenvalue weighted by molar-refractivity contribution is 6.30. The first-order valence-electron chi connectivity index (χ1n) is 8.29. The molecular weight excluding hydrogens is 326 g/mol. The van der Waals surface area contributed by atoms with E-state index in [0.29, 0.717) is 29.1 Å². The Bertz CT molecular complexity index is 684. The van der Waals surface area contributed by atoms with Crippen molar-refractivity contribution < 1.29 is 9.32 Å². The van der Waals surface area contributed by atoms with E-state index in [1.165, 1.54) is 0 Å². The number of halogens is 1. The van der Waals surface area contributed by atoms with Crippen LogP contribution >= 0.6 is 11.6 Å². The van der Waals surface area contributed by atoms with Crippen LogP contribution in [0, 0.1) is 11.8 Å². The van der Waals surface area contributed by atoms with E-state index in [2.05, 4.69) is 29.3 Å². The van der Waals surface area contributed by atoms with Gasteiger partial charge in [-0.25, -0.2) is 0 Å². The van der Waals surface area contributed by atoms with Crippen molar-refractivity contribution >= 4 is 17.5 Å². The highest BCUT2D eigenvalue weighted by atomic mass is 35.5. The molecule has 1 aromatic carbocycles. The van der Waals surface area contributed by atoms with Gasteiger partial charge in [0.15, 0.2) is 0 Å². The first-order valence-corrected chi connectivity index (χ1v) is 8.67. The minimum Gasteiger partial charge on any atom is -0.344 e. The lowest BCUT2D eigenvalue weighted by Gasteiger charge is -2.21. The summed E-state index contributed by atoms with van der Waals surface area (Å²) in [5.74, 6) is 1.38. The third-order valence-corrected chi connectivity index (χ3v) is 4.15. The standard InChI is InChI=1S/C18H24ClN3O2/c1-5-12(4)16(20-15(23)9-11(2)3)18-21-17(22-24-18)13-7-6-8-14(19)10-13/h6-8,10-12,16H,5,9H2,1-4H3,(H,20,23). The van der Waals surface area contributed by atoms with Crippen molar-refractivity contribution in [3.05, 3.63) is 35.2 Å². The molecule has 0 bridgehead atoms. The lowest BCUT2D eigenvalue weighted by atomic mass is 9.98. The molecule has 0 aliphatic heterocycles. The minimum atomic E-state index is -0.290. The van der Waals surface area contributed by atoms with Crippen LogP contribution in [0.3, 0.4) is 0 Å². The molecule has 1 N–H and O–H groups in total. The fourth-order valence-electron chi connectivity index (χ4n) is 2.39. The van der Waals surface area contributed by atoms with Gasteiger partial charge in [0.05, 0.1) is 0 Å². The molecule has 5 nitrogen and oxygen atoms in total. The predicted octanol–water partition coefficient (Wildman–Crippen LogP) is 4.64. The zero-order valence-electron chi connectivity index (χ0n) is 14.5. The van der Waals surface area contributed by atoms with E-state index in [9.17, 15) is 4.79 Å². The summed E-state index contributed by atoms with van der Waals surface area (Å²) in [4.78, 5) is 16.6. The summed E-state index contributed by atoms with van der Waals surface area (Å²) >= 11 is 6.01. The molecule has 1 aromatic heterocycles. The Labute approximate surface area is 147 Å². The number of rotatable bonds is 7. The molecule has 0 saturated carbocycles. The van der Waals surface area contributed by atoms with Crippen molar-refractivity contribution in [1.29, 1.82) is 0 Å². The molecule has 2 atom stereocenters. The van der Waals surface area contributed by atoms with Crippen molar-refractivity contribution in [2.45, 2.75) is 46.6 Å². The number of hydrogen-bond acceptors (Lipinski definition) is 4. The van der Waals surface area contributed by atoms with E-state index >= 15 is 0 Å². The highest BCUT2D eigenvalue weighted by Gasteiger charge is 2.26. The normalized spacial score (nSPS) is 13.8. The van der Waals surface area contributed by atoms with Gasteiger partial charge in [-0.3, -0.25) is 4.79 Å². The average molecular weight is 350 g/mol. The second kappa shape index (κ2) is 8.29. The van der Waals surface area contributed by atoms with Crippen LogP contribution in [0.25, 0.3) is 11.4 Å². The van der Waals surface area contributed by atoms with Crippen LogP contribution in [0.1, 0.15) is 52.5 Å². The van der Waals surface area contributed by atoms with Crippen molar-refractivity contribution in [3.63, 3.8) is 0 Å². The van der Waals surface area contributed by atoms with Gasteiger partial charge in [-0.15, -0.1) is 0 Å². The lowest BCUT2D eigenvalue weighted by Crippen LogP contribution is -2.33. The summed E-state index contributed by atoms with van der Waals surface area (Å²) in [5.41, 5.74) is 0.786. The third-order valence-electron chi connectivity index (χ3n) is 3.91. The van der Waals surface area contributed by atoms with Crippen LogP contribution in [0.5, 0.6) is 0 Å².